The van der Waals surface area contributed by atoms with E-state index in [2.05, 4.69) is 43.0 Å². The van der Waals surface area contributed by atoms with Crippen molar-refractivity contribution in [1.82, 2.24) is 15.0 Å². The van der Waals surface area contributed by atoms with Gasteiger partial charge in [-0.25, -0.2) is 9.97 Å². The number of hydrogen-bond donors (Lipinski definition) is 0. The molecule has 94 valence electrons. The van der Waals surface area contributed by atoms with E-state index < -0.39 is 0 Å². The number of pyridine rings is 1. The zero-order valence-electron chi connectivity index (χ0n) is 10.5. The SMILES string of the molecule is CCc1nc(Br)cc(-c2cnc3ccccc3c2)n1. The van der Waals surface area contributed by atoms with E-state index in [9.17, 15) is 0 Å². The van der Waals surface area contributed by atoms with E-state index >= 15 is 0 Å². The number of para-hydroxylation sites is 1. The Hall–Kier alpha value is -1.81. The van der Waals surface area contributed by atoms with Crippen LogP contribution in [-0.2, 0) is 6.42 Å². The van der Waals surface area contributed by atoms with Gasteiger partial charge in [0, 0.05) is 23.6 Å². The van der Waals surface area contributed by atoms with Crippen LogP contribution >= 0.6 is 15.9 Å². The van der Waals surface area contributed by atoms with E-state index in [1.165, 1.54) is 0 Å². The fourth-order valence-corrected chi connectivity index (χ4v) is 2.40. The van der Waals surface area contributed by atoms with Crippen LogP contribution in [0.15, 0.2) is 47.2 Å². The summed E-state index contributed by atoms with van der Waals surface area (Å²) in [4.78, 5) is 13.3. The third kappa shape index (κ3) is 2.49. The molecule has 0 unspecified atom stereocenters. The fraction of sp³-hybridized carbons (Fsp3) is 0.133. The Labute approximate surface area is 119 Å². The summed E-state index contributed by atoms with van der Waals surface area (Å²) in [7, 11) is 0. The number of rotatable bonds is 2. The Kier molecular flexibility index (Phi) is 3.25. The van der Waals surface area contributed by atoms with Gasteiger partial charge in [0.25, 0.3) is 0 Å². The minimum absolute atomic E-state index is 0.808. The van der Waals surface area contributed by atoms with Crippen molar-refractivity contribution < 1.29 is 0 Å². The molecule has 0 atom stereocenters. The number of hydrogen-bond acceptors (Lipinski definition) is 3. The highest BCUT2D eigenvalue weighted by atomic mass is 79.9. The molecule has 19 heavy (non-hydrogen) atoms. The molecule has 3 rings (SSSR count). The number of aromatic nitrogens is 3. The minimum Gasteiger partial charge on any atom is -0.256 e. The van der Waals surface area contributed by atoms with Crippen LogP contribution in [0, 0.1) is 0 Å². The molecule has 0 bridgehead atoms. The van der Waals surface area contributed by atoms with Crippen molar-refractivity contribution in [2.24, 2.45) is 0 Å². The maximum atomic E-state index is 4.55. The van der Waals surface area contributed by atoms with Crippen LogP contribution in [0.2, 0.25) is 0 Å². The first-order valence-corrected chi connectivity index (χ1v) is 6.94. The lowest BCUT2D eigenvalue weighted by Crippen LogP contribution is -1.96. The molecule has 0 amide bonds. The summed E-state index contributed by atoms with van der Waals surface area (Å²) >= 11 is 3.43. The third-order valence-corrected chi connectivity index (χ3v) is 3.35. The summed E-state index contributed by atoms with van der Waals surface area (Å²) in [5, 5.41) is 1.12. The molecule has 3 nitrogen and oxygen atoms in total. The van der Waals surface area contributed by atoms with Crippen molar-refractivity contribution in [3.05, 3.63) is 53.0 Å². The molecule has 0 radical (unpaired) electrons. The fourth-order valence-electron chi connectivity index (χ4n) is 1.98. The van der Waals surface area contributed by atoms with Gasteiger partial charge in [0.05, 0.1) is 11.2 Å². The van der Waals surface area contributed by atoms with Crippen molar-refractivity contribution >= 4 is 26.8 Å². The maximum Gasteiger partial charge on any atom is 0.130 e. The van der Waals surface area contributed by atoms with Gasteiger partial charge < -0.3 is 0 Å². The number of aryl methyl sites for hydroxylation is 1. The van der Waals surface area contributed by atoms with Crippen LogP contribution < -0.4 is 0 Å². The molecule has 0 saturated heterocycles. The average Bonchev–Trinajstić information content (AvgIpc) is 2.46. The maximum absolute atomic E-state index is 4.55. The summed E-state index contributed by atoms with van der Waals surface area (Å²) in [6.45, 7) is 2.05. The molecule has 3 aromatic rings. The molecule has 0 fully saturated rings. The normalized spacial score (nSPS) is 10.8. The molecule has 0 aliphatic heterocycles. The lowest BCUT2D eigenvalue weighted by molar-refractivity contribution is 0.931. The van der Waals surface area contributed by atoms with Crippen LogP contribution in [-0.4, -0.2) is 15.0 Å². The molecule has 0 saturated carbocycles. The monoisotopic (exact) mass is 313 g/mol. The summed E-state index contributed by atoms with van der Waals surface area (Å²) in [5.41, 5.74) is 2.91. The highest BCUT2D eigenvalue weighted by Crippen LogP contribution is 2.23. The van der Waals surface area contributed by atoms with Gasteiger partial charge in [-0.2, -0.15) is 0 Å². The zero-order valence-corrected chi connectivity index (χ0v) is 12.1. The van der Waals surface area contributed by atoms with Crippen LogP contribution in [0.25, 0.3) is 22.2 Å². The van der Waals surface area contributed by atoms with Crippen LogP contribution in [0.1, 0.15) is 12.7 Å². The first-order valence-electron chi connectivity index (χ1n) is 6.15. The minimum atomic E-state index is 0.808. The van der Waals surface area contributed by atoms with Gasteiger partial charge in [0.2, 0.25) is 0 Å². The van der Waals surface area contributed by atoms with Crippen LogP contribution in [0.4, 0.5) is 0 Å². The molecule has 2 aromatic heterocycles. The quantitative estimate of drug-likeness (QED) is 0.671. The van der Waals surface area contributed by atoms with Crippen molar-refractivity contribution in [2.45, 2.75) is 13.3 Å². The van der Waals surface area contributed by atoms with Gasteiger partial charge in [0.15, 0.2) is 0 Å². The molecule has 0 spiro atoms. The summed E-state index contributed by atoms with van der Waals surface area (Å²) in [6.07, 6.45) is 2.67. The van der Waals surface area contributed by atoms with E-state index in [4.69, 9.17) is 0 Å². The number of halogens is 1. The van der Waals surface area contributed by atoms with Crippen LogP contribution in [0.3, 0.4) is 0 Å². The summed E-state index contributed by atoms with van der Waals surface area (Å²) < 4.78 is 0.808. The Morgan fingerprint density at radius 1 is 1.11 bits per heavy atom. The van der Waals surface area contributed by atoms with Gasteiger partial charge in [-0.05, 0) is 34.1 Å². The Morgan fingerprint density at radius 3 is 2.79 bits per heavy atom. The van der Waals surface area contributed by atoms with E-state index in [1.54, 1.807) is 0 Å². The Morgan fingerprint density at radius 2 is 1.95 bits per heavy atom. The predicted molar refractivity (Wildman–Crippen MR) is 79.8 cm³/mol. The lowest BCUT2D eigenvalue weighted by Gasteiger charge is -2.05. The molecular formula is C15H12BrN3. The molecule has 0 aliphatic carbocycles. The van der Waals surface area contributed by atoms with E-state index in [0.29, 0.717) is 0 Å². The number of fused-ring (bicyclic) bond motifs is 1. The van der Waals surface area contributed by atoms with Crippen LogP contribution in [0.5, 0.6) is 0 Å². The second kappa shape index (κ2) is 5.05. The van der Waals surface area contributed by atoms with Gasteiger partial charge in [-0.15, -0.1) is 0 Å². The Bertz CT molecular complexity index is 740. The highest BCUT2D eigenvalue weighted by Gasteiger charge is 2.06. The largest absolute Gasteiger partial charge is 0.256 e. The molecule has 1 aromatic carbocycles. The second-order valence-electron chi connectivity index (χ2n) is 4.26. The van der Waals surface area contributed by atoms with Gasteiger partial charge in [-0.1, -0.05) is 25.1 Å². The molecular weight excluding hydrogens is 302 g/mol. The van der Waals surface area contributed by atoms with Crippen molar-refractivity contribution in [2.75, 3.05) is 0 Å². The number of benzene rings is 1. The smallest absolute Gasteiger partial charge is 0.130 e. The first kappa shape index (κ1) is 12.2. The van der Waals surface area contributed by atoms with Gasteiger partial charge in [-0.3, -0.25) is 4.98 Å². The summed E-state index contributed by atoms with van der Waals surface area (Å²) in [6, 6.07) is 12.1. The molecule has 0 aliphatic rings. The zero-order chi connectivity index (χ0) is 13.2. The van der Waals surface area contributed by atoms with E-state index in [-0.39, 0.29) is 0 Å². The van der Waals surface area contributed by atoms with Gasteiger partial charge >= 0.3 is 0 Å². The summed E-state index contributed by atoms with van der Waals surface area (Å²) in [5.74, 6) is 0.831. The van der Waals surface area contributed by atoms with Crippen molar-refractivity contribution in [3.8, 4) is 11.3 Å². The standard InChI is InChI=1S/C15H12BrN3/c1-2-15-18-13(8-14(16)19-15)11-7-10-5-3-4-6-12(10)17-9-11/h3-9H,2H2,1H3. The lowest BCUT2D eigenvalue weighted by atomic mass is 10.1. The van der Waals surface area contributed by atoms with Gasteiger partial charge in [0.1, 0.15) is 10.4 Å². The average molecular weight is 314 g/mol. The molecule has 0 N–H and O–H groups in total. The van der Waals surface area contributed by atoms with E-state index in [1.807, 2.05) is 37.4 Å². The predicted octanol–water partition coefficient (Wildman–Crippen LogP) is 4.02. The highest BCUT2D eigenvalue weighted by molar-refractivity contribution is 9.10. The van der Waals surface area contributed by atoms with E-state index in [0.717, 1.165) is 39.0 Å². The third-order valence-electron chi connectivity index (χ3n) is 2.94. The van der Waals surface area contributed by atoms with Crippen molar-refractivity contribution in [1.29, 1.82) is 0 Å². The number of nitrogens with zero attached hydrogens (tertiary/aromatic N) is 3. The Balaban J connectivity index is 2.15. The molecule has 4 heteroatoms. The van der Waals surface area contributed by atoms with Crippen molar-refractivity contribution in [3.63, 3.8) is 0 Å². The molecule has 2 heterocycles. The first-order chi connectivity index (χ1) is 9.26. The second-order valence-corrected chi connectivity index (χ2v) is 5.07. The topological polar surface area (TPSA) is 38.7 Å².